The summed E-state index contributed by atoms with van der Waals surface area (Å²) in [6.07, 6.45) is 2.73. The lowest BCUT2D eigenvalue weighted by molar-refractivity contribution is -0.140. The maximum atomic E-state index is 12.5. The highest BCUT2D eigenvalue weighted by atomic mass is 35.5. The normalized spacial score (nSPS) is 10.5. The van der Waals surface area contributed by atoms with Crippen molar-refractivity contribution in [1.29, 1.82) is 0 Å². The number of rotatable bonds is 8. The van der Waals surface area contributed by atoms with Crippen LogP contribution in [0.3, 0.4) is 0 Å². The molecule has 0 atom stereocenters. The molecule has 1 amide bonds. The fraction of sp³-hybridized carbons (Fsp3) is 0.389. The van der Waals surface area contributed by atoms with Crippen molar-refractivity contribution in [2.45, 2.75) is 32.6 Å². The Bertz CT molecular complexity index is 742. The molecule has 1 aromatic heterocycles. The van der Waals surface area contributed by atoms with Gasteiger partial charge in [0.25, 0.3) is 5.91 Å². The molecular weight excluding hydrogens is 344 g/mol. The highest BCUT2D eigenvalue weighted by Gasteiger charge is 2.22. The molecule has 25 heavy (non-hydrogen) atoms. The van der Waals surface area contributed by atoms with E-state index in [1.54, 1.807) is 19.1 Å². The number of methoxy groups -OCH3 is 1. The van der Waals surface area contributed by atoms with Crippen LogP contribution < -0.4 is 5.32 Å². The van der Waals surface area contributed by atoms with E-state index in [-0.39, 0.29) is 11.9 Å². The summed E-state index contributed by atoms with van der Waals surface area (Å²) >= 11 is 6.19. The number of aromatic nitrogens is 1. The number of hydrogen-bond donors (Lipinski definition) is 1. The summed E-state index contributed by atoms with van der Waals surface area (Å²) in [6, 6.07) is 7.17. The number of amides is 1. The Morgan fingerprint density at radius 3 is 2.72 bits per heavy atom. The number of halogens is 1. The average Bonchev–Trinajstić information content (AvgIpc) is 2.99. The summed E-state index contributed by atoms with van der Waals surface area (Å²) in [5.74, 6) is -0.0201. The summed E-state index contributed by atoms with van der Waals surface area (Å²) in [5.41, 5.74) is 1.48. The first-order chi connectivity index (χ1) is 12.0. The molecule has 1 heterocycles. The van der Waals surface area contributed by atoms with E-state index in [4.69, 9.17) is 16.1 Å². The van der Waals surface area contributed by atoms with Gasteiger partial charge in [-0.3, -0.25) is 9.59 Å². The SMILES string of the molecule is COC(=O)CCCCCNC(=O)c1c(-c2ccccc2Cl)noc1C. The zero-order valence-electron chi connectivity index (χ0n) is 14.3. The summed E-state index contributed by atoms with van der Waals surface area (Å²) < 4.78 is 9.77. The molecule has 0 aliphatic heterocycles. The summed E-state index contributed by atoms with van der Waals surface area (Å²) in [7, 11) is 1.38. The quantitative estimate of drug-likeness (QED) is 0.569. The average molecular weight is 365 g/mol. The van der Waals surface area contributed by atoms with Crippen LogP contribution in [0.2, 0.25) is 5.02 Å². The number of nitrogens with zero attached hydrogens (tertiary/aromatic N) is 1. The Balaban J connectivity index is 1.93. The van der Waals surface area contributed by atoms with Crippen molar-refractivity contribution in [2.24, 2.45) is 0 Å². The van der Waals surface area contributed by atoms with Gasteiger partial charge in [-0.15, -0.1) is 0 Å². The number of unbranched alkanes of at least 4 members (excludes halogenated alkanes) is 2. The van der Waals surface area contributed by atoms with E-state index >= 15 is 0 Å². The second-order valence-electron chi connectivity index (χ2n) is 5.58. The van der Waals surface area contributed by atoms with E-state index in [1.807, 2.05) is 12.1 Å². The number of carbonyl (C=O) groups excluding carboxylic acids is 2. The minimum absolute atomic E-state index is 0.214. The van der Waals surface area contributed by atoms with E-state index in [2.05, 4.69) is 15.2 Å². The smallest absolute Gasteiger partial charge is 0.305 e. The van der Waals surface area contributed by atoms with Crippen LogP contribution in [0.4, 0.5) is 0 Å². The molecule has 7 heteroatoms. The van der Waals surface area contributed by atoms with Crippen molar-refractivity contribution < 1.29 is 18.8 Å². The molecule has 1 N–H and O–H groups in total. The third-order valence-electron chi connectivity index (χ3n) is 3.79. The standard InChI is InChI=1S/C18H21ClN2O4/c1-12-16(17(21-25-12)13-8-5-6-9-14(13)19)18(23)20-11-7-3-4-10-15(22)24-2/h5-6,8-9H,3-4,7,10-11H2,1-2H3,(H,20,23). The lowest BCUT2D eigenvalue weighted by Gasteiger charge is -2.06. The maximum absolute atomic E-state index is 12.5. The number of carbonyl (C=O) groups is 2. The monoisotopic (exact) mass is 364 g/mol. The van der Waals surface area contributed by atoms with Crippen LogP contribution in [0.1, 0.15) is 41.8 Å². The van der Waals surface area contributed by atoms with Gasteiger partial charge in [0.05, 0.1) is 12.1 Å². The fourth-order valence-electron chi connectivity index (χ4n) is 2.44. The number of hydrogen-bond acceptors (Lipinski definition) is 5. The molecule has 6 nitrogen and oxygen atoms in total. The van der Waals surface area contributed by atoms with Gasteiger partial charge < -0.3 is 14.6 Å². The first-order valence-electron chi connectivity index (χ1n) is 8.10. The third kappa shape index (κ3) is 5.06. The molecule has 1 aromatic carbocycles. The largest absolute Gasteiger partial charge is 0.469 e. The highest BCUT2D eigenvalue weighted by Crippen LogP contribution is 2.30. The van der Waals surface area contributed by atoms with Crippen LogP contribution in [0, 0.1) is 6.92 Å². The first-order valence-corrected chi connectivity index (χ1v) is 8.48. The summed E-state index contributed by atoms with van der Waals surface area (Å²) in [4.78, 5) is 23.5. The molecule has 0 saturated carbocycles. The summed E-state index contributed by atoms with van der Waals surface area (Å²) in [6.45, 7) is 2.20. The van der Waals surface area contributed by atoms with Crippen LogP contribution in [0.5, 0.6) is 0 Å². The van der Waals surface area contributed by atoms with E-state index in [1.165, 1.54) is 7.11 Å². The first kappa shape index (κ1) is 19.0. The number of aryl methyl sites for hydroxylation is 1. The second-order valence-corrected chi connectivity index (χ2v) is 5.99. The predicted octanol–water partition coefficient (Wildman–Crippen LogP) is 3.77. The Morgan fingerprint density at radius 1 is 1.24 bits per heavy atom. The number of benzene rings is 1. The van der Waals surface area contributed by atoms with E-state index in [0.717, 1.165) is 19.3 Å². The van der Waals surface area contributed by atoms with Gasteiger partial charge >= 0.3 is 5.97 Å². The molecule has 0 saturated heterocycles. The number of nitrogens with one attached hydrogen (secondary N) is 1. The molecule has 0 unspecified atom stereocenters. The van der Waals surface area contributed by atoms with Crippen molar-refractivity contribution in [3.8, 4) is 11.3 Å². The topological polar surface area (TPSA) is 81.4 Å². The molecule has 0 spiro atoms. The zero-order chi connectivity index (χ0) is 18.2. The molecule has 134 valence electrons. The Kier molecular flexibility index (Phi) is 7.01. The molecule has 0 radical (unpaired) electrons. The lowest BCUT2D eigenvalue weighted by Crippen LogP contribution is -2.25. The highest BCUT2D eigenvalue weighted by molar-refractivity contribution is 6.33. The number of esters is 1. The van der Waals surface area contributed by atoms with E-state index < -0.39 is 0 Å². The predicted molar refractivity (Wildman–Crippen MR) is 94.5 cm³/mol. The number of ether oxygens (including phenoxy) is 1. The minimum Gasteiger partial charge on any atom is -0.469 e. The van der Waals surface area contributed by atoms with Gasteiger partial charge in [-0.2, -0.15) is 0 Å². The minimum atomic E-state index is -0.248. The Hall–Kier alpha value is -2.34. The van der Waals surface area contributed by atoms with Crippen LogP contribution in [-0.2, 0) is 9.53 Å². The van der Waals surface area contributed by atoms with Crippen molar-refractivity contribution in [1.82, 2.24) is 10.5 Å². The molecule has 2 rings (SSSR count). The second kappa shape index (κ2) is 9.22. The molecular formula is C18H21ClN2O4. The van der Waals surface area contributed by atoms with Crippen LogP contribution in [-0.4, -0.2) is 30.7 Å². The molecule has 2 aromatic rings. The lowest BCUT2D eigenvalue weighted by atomic mass is 10.1. The zero-order valence-corrected chi connectivity index (χ0v) is 15.1. The van der Waals surface area contributed by atoms with Crippen molar-refractivity contribution in [2.75, 3.05) is 13.7 Å². The van der Waals surface area contributed by atoms with Gasteiger partial charge in [-0.25, -0.2) is 0 Å². The van der Waals surface area contributed by atoms with Gasteiger partial charge in [0.2, 0.25) is 0 Å². The van der Waals surface area contributed by atoms with Crippen molar-refractivity contribution in [3.63, 3.8) is 0 Å². The van der Waals surface area contributed by atoms with Crippen molar-refractivity contribution in [3.05, 3.63) is 40.6 Å². The van der Waals surface area contributed by atoms with Crippen molar-refractivity contribution >= 4 is 23.5 Å². The molecule has 0 fully saturated rings. The van der Waals surface area contributed by atoms with Crippen LogP contribution in [0.15, 0.2) is 28.8 Å². The molecule has 0 bridgehead atoms. The Morgan fingerprint density at radius 2 is 2.00 bits per heavy atom. The fourth-order valence-corrected chi connectivity index (χ4v) is 2.67. The maximum Gasteiger partial charge on any atom is 0.305 e. The third-order valence-corrected chi connectivity index (χ3v) is 4.12. The van der Waals surface area contributed by atoms with E-state index in [0.29, 0.717) is 40.6 Å². The summed E-state index contributed by atoms with van der Waals surface area (Å²) in [5, 5.41) is 7.35. The van der Waals surface area contributed by atoms with Crippen LogP contribution >= 0.6 is 11.6 Å². The van der Waals surface area contributed by atoms with Gasteiger partial charge in [0.1, 0.15) is 17.0 Å². The Labute approximate surface area is 151 Å². The molecule has 0 aliphatic carbocycles. The van der Waals surface area contributed by atoms with E-state index in [9.17, 15) is 9.59 Å². The molecule has 0 aliphatic rings. The van der Waals surface area contributed by atoms with Gasteiger partial charge in [0.15, 0.2) is 0 Å². The van der Waals surface area contributed by atoms with Gasteiger partial charge in [-0.05, 0) is 25.8 Å². The van der Waals surface area contributed by atoms with Gasteiger partial charge in [0, 0.05) is 18.5 Å². The van der Waals surface area contributed by atoms with Gasteiger partial charge in [-0.1, -0.05) is 41.4 Å². The van der Waals surface area contributed by atoms with Crippen LogP contribution in [0.25, 0.3) is 11.3 Å².